The molecular formula is C24H31N7O5S. The molecule has 12 nitrogen and oxygen atoms in total. The van der Waals surface area contributed by atoms with Gasteiger partial charge in [-0.15, -0.1) is 0 Å². The number of sulfone groups is 1. The van der Waals surface area contributed by atoms with Crippen LogP contribution in [0.4, 0.5) is 11.5 Å². The van der Waals surface area contributed by atoms with Gasteiger partial charge in [0, 0.05) is 30.8 Å². The number of carbonyl (C=O) groups is 1. The third-order valence-corrected chi connectivity index (χ3v) is 9.50. The fourth-order valence-electron chi connectivity index (χ4n) is 6.41. The summed E-state index contributed by atoms with van der Waals surface area (Å²) >= 11 is 0. The molecule has 13 heteroatoms. The molecule has 2 aromatic heterocycles. The quantitative estimate of drug-likeness (QED) is 0.502. The first kappa shape index (κ1) is 24.3. The van der Waals surface area contributed by atoms with Crippen molar-refractivity contribution in [3.8, 4) is 0 Å². The first-order valence-corrected chi connectivity index (χ1v) is 14.5. The number of nitrogens with zero attached hydrogens (tertiary/aromatic N) is 6. The summed E-state index contributed by atoms with van der Waals surface area (Å²) in [7, 11) is -3.74. The van der Waals surface area contributed by atoms with Gasteiger partial charge in [-0.25, -0.2) is 18.4 Å². The monoisotopic (exact) mass is 529 g/mol. The van der Waals surface area contributed by atoms with E-state index in [-0.39, 0.29) is 34.6 Å². The normalized spacial score (nSPS) is 26.9. The van der Waals surface area contributed by atoms with Crippen molar-refractivity contribution in [3.05, 3.63) is 23.7 Å². The molecule has 5 heterocycles. The van der Waals surface area contributed by atoms with Gasteiger partial charge in [0.05, 0.1) is 23.9 Å². The molecule has 1 aliphatic carbocycles. The fraction of sp³-hybridized carbons (Fsp3) is 0.583. The lowest BCUT2D eigenvalue weighted by Crippen LogP contribution is -2.47. The summed E-state index contributed by atoms with van der Waals surface area (Å²) in [5, 5.41) is 24.4. The standard InChI is InChI=1S/C24H31N7O5S/c1-37(35,36)21-20(14-9-15-3-4-16(10-14)30(15)19(33)12-32)28-23-17(11-27-31(23)22(21)25)29-8-5-18(26-13-29)24(34)6-2-7-24/h5,11,13-16,32,34H,2-4,6-10,12,25H2,1H3/t14?,15-,16+. The predicted molar refractivity (Wildman–Crippen MR) is 136 cm³/mol. The summed E-state index contributed by atoms with van der Waals surface area (Å²) in [5.74, 6) is -0.503. The number of piperidine rings is 1. The van der Waals surface area contributed by atoms with Crippen molar-refractivity contribution in [2.75, 3.05) is 30.0 Å². The minimum absolute atomic E-state index is 0.00363. The fourth-order valence-corrected chi connectivity index (χ4v) is 7.47. The molecule has 2 saturated heterocycles. The van der Waals surface area contributed by atoms with Gasteiger partial charge < -0.3 is 25.7 Å². The molecule has 1 unspecified atom stereocenters. The zero-order valence-corrected chi connectivity index (χ0v) is 21.4. The Hall–Kier alpha value is -3.03. The maximum absolute atomic E-state index is 12.9. The molecule has 37 heavy (non-hydrogen) atoms. The summed E-state index contributed by atoms with van der Waals surface area (Å²) in [5.41, 5.74) is 7.69. The first-order chi connectivity index (χ1) is 17.6. The van der Waals surface area contributed by atoms with E-state index in [2.05, 4.69) is 10.1 Å². The second-order valence-electron chi connectivity index (χ2n) is 10.6. The van der Waals surface area contributed by atoms with Crippen LogP contribution in [0.5, 0.6) is 0 Å². The van der Waals surface area contributed by atoms with Crippen LogP contribution in [0.15, 0.2) is 27.9 Å². The number of aliphatic hydroxyl groups is 2. The van der Waals surface area contributed by atoms with E-state index in [1.54, 1.807) is 17.4 Å². The molecule has 3 atom stereocenters. The molecule has 3 aliphatic heterocycles. The highest BCUT2D eigenvalue weighted by Crippen LogP contribution is 2.45. The second-order valence-corrected chi connectivity index (χ2v) is 12.6. The number of nitrogen functional groups attached to an aromatic ring is 1. The Morgan fingerprint density at radius 1 is 1.24 bits per heavy atom. The van der Waals surface area contributed by atoms with E-state index >= 15 is 0 Å². The Morgan fingerprint density at radius 2 is 1.95 bits per heavy atom. The predicted octanol–water partition coefficient (Wildman–Crippen LogP) is 0.592. The Bertz CT molecular complexity index is 1430. The number of carbonyl (C=O) groups excluding carboxylic acids is 1. The molecule has 3 fully saturated rings. The van der Waals surface area contributed by atoms with Gasteiger partial charge in [-0.05, 0) is 51.0 Å². The minimum atomic E-state index is -3.74. The van der Waals surface area contributed by atoms with Gasteiger partial charge in [0.1, 0.15) is 28.6 Å². The van der Waals surface area contributed by atoms with Gasteiger partial charge in [-0.3, -0.25) is 4.79 Å². The summed E-state index contributed by atoms with van der Waals surface area (Å²) in [6, 6.07) is -0.149. The number of hydrogen-bond donors (Lipinski definition) is 3. The van der Waals surface area contributed by atoms with Crippen LogP contribution >= 0.6 is 0 Å². The van der Waals surface area contributed by atoms with Crippen LogP contribution in [0.2, 0.25) is 0 Å². The Labute approximate surface area is 214 Å². The van der Waals surface area contributed by atoms with Crippen molar-refractivity contribution in [3.63, 3.8) is 0 Å². The molecule has 0 radical (unpaired) electrons. The molecule has 2 bridgehead atoms. The number of amides is 1. The van der Waals surface area contributed by atoms with Crippen molar-refractivity contribution in [1.29, 1.82) is 0 Å². The third-order valence-electron chi connectivity index (χ3n) is 8.34. The third kappa shape index (κ3) is 3.82. The lowest BCUT2D eigenvalue weighted by molar-refractivity contribution is -0.138. The van der Waals surface area contributed by atoms with E-state index in [1.807, 2.05) is 11.0 Å². The highest BCUT2D eigenvalue weighted by molar-refractivity contribution is 7.91. The van der Waals surface area contributed by atoms with Gasteiger partial charge in [0.25, 0.3) is 0 Å². The summed E-state index contributed by atoms with van der Waals surface area (Å²) in [4.78, 5) is 25.2. The highest BCUT2D eigenvalue weighted by Gasteiger charge is 2.45. The zero-order chi connectivity index (χ0) is 26.1. The van der Waals surface area contributed by atoms with Crippen LogP contribution in [0, 0.1) is 0 Å². The topological polar surface area (TPSA) is 167 Å². The maximum atomic E-state index is 12.9. The summed E-state index contributed by atoms with van der Waals surface area (Å²) < 4.78 is 27.2. The van der Waals surface area contributed by atoms with Gasteiger partial charge in [-0.2, -0.15) is 9.61 Å². The molecule has 198 valence electrons. The molecular weight excluding hydrogens is 498 g/mol. The Morgan fingerprint density at radius 3 is 2.49 bits per heavy atom. The average Bonchev–Trinajstić information content (AvgIpc) is 3.39. The Balaban J connectivity index is 1.39. The van der Waals surface area contributed by atoms with Gasteiger partial charge >= 0.3 is 0 Å². The number of nitrogens with two attached hydrogens (primary N) is 1. The van der Waals surface area contributed by atoms with Crippen molar-refractivity contribution in [1.82, 2.24) is 19.5 Å². The van der Waals surface area contributed by atoms with E-state index in [9.17, 15) is 23.4 Å². The average molecular weight is 530 g/mol. The van der Waals surface area contributed by atoms with Crippen molar-refractivity contribution in [2.24, 2.45) is 4.99 Å². The lowest BCUT2D eigenvalue weighted by atomic mass is 9.77. The van der Waals surface area contributed by atoms with Crippen LogP contribution in [-0.2, 0) is 14.6 Å². The summed E-state index contributed by atoms with van der Waals surface area (Å²) in [6.45, 7) is -0.0768. The van der Waals surface area contributed by atoms with Crippen molar-refractivity contribution >= 4 is 39.2 Å². The summed E-state index contributed by atoms with van der Waals surface area (Å²) in [6.07, 6.45) is 11.3. The molecule has 1 saturated carbocycles. The largest absolute Gasteiger partial charge is 0.387 e. The number of aromatic nitrogens is 3. The zero-order valence-electron chi connectivity index (χ0n) is 20.6. The number of hydrogen-bond acceptors (Lipinski definition) is 10. The molecule has 1 amide bonds. The van der Waals surface area contributed by atoms with E-state index in [0.29, 0.717) is 55.0 Å². The number of fused-ring (bicyclic) bond motifs is 3. The molecule has 4 aliphatic rings. The number of rotatable bonds is 5. The minimum Gasteiger partial charge on any atom is -0.387 e. The van der Waals surface area contributed by atoms with E-state index in [4.69, 9.17) is 10.7 Å². The molecule has 2 aromatic rings. The second kappa shape index (κ2) is 8.50. The SMILES string of the molecule is CS(=O)(=O)c1c(C2C[C@H]3CC[C@@H](C2)N3C(=O)CO)nc2c(N3C=NC(C4(O)CCC4)=CC3)cnn2c1N. The van der Waals surface area contributed by atoms with E-state index < -0.39 is 22.0 Å². The van der Waals surface area contributed by atoms with Crippen LogP contribution < -0.4 is 10.6 Å². The number of anilines is 2. The van der Waals surface area contributed by atoms with E-state index in [1.165, 1.54) is 4.52 Å². The highest BCUT2D eigenvalue weighted by atomic mass is 32.2. The van der Waals surface area contributed by atoms with E-state index in [0.717, 1.165) is 25.5 Å². The van der Waals surface area contributed by atoms with Gasteiger partial charge in [-0.1, -0.05) is 0 Å². The molecule has 0 aromatic carbocycles. The number of aliphatic imine (C=N–C) groups is 1. The first-order valence-electron chi connectivity index (χ1n) is 12.6. The Kier molecular flexibility index (Phi) is 5.58. The van der Waals surface area contributed by atoms with Crippen LogP contribution in [0.3, 0.4) is 0 Å². The van der Waals surface area contributed by atoms with Crippen LogP contribution in [-0.4, -0.2) is 87.5 Å². The van der Waals surface area contributed by atoms with Crippen LogP contribution in [0.1, 0.15) is 56.6 Å². The van der Waals surface area contributed by atoms with Crippen LogP contribution in [0.25, 0.3) is 5.65 Å². The van der Waals surface area contributed by atoms with Crippen molar-refractivity contribution < 1.29 is 23.4 Å². The molecule has 6 rings (SSSR count). The van der Waals surface area contributed by atoms with Crippen molar-refractivity contribution in [2.45, 2.75) is 73.4 Å². The molecule has 0 spiro atoms. The number of aliphatic hydroxyl groups excluding tert-OH is 1. The molecule has 4 N–H and O–H groups in total. The lowest BCUT2D eigenvalue weighted by Gasteiger charge is -2.39. The van der Waals surface area contributed by atoms with Gasteiger partial charge in [0.15, 0.2) is 15.5 Å². The van der Waals surface area contributed by atoms with Gasteiger partial charge in [0.2, 0.25) is 5.91 Å². The maximum Gasteiger partial charge on any atom is 0.248 e. The smallest absolute Gasteiger partial charge is 0.248 e.